The number of nitrogens with one attached hydrogen (secondary N) is 2. The molecule has 2 N–H and O–H groups in total. The molecule has 0 radical (unpaired) electrons. The lowest BCUT2D eigenvalue weighted by Crippen LogP contribution is -2.44. The number of fused-ring (bicyclic) bond motifs is 1. The van der Waals surface area contributed by atoms with Gasteiger partial charge in [-0.25, -0.2) is 0 Å². The van der Waals surface area contributed by atoms with Crippen LogP contribution in [0, 0.1) is 0 Å². The summed E-state index contributed by atoms with van der Waals surface area (Å²) in [5.74, 6) is 0.987. The average Bonchev–Trinajstić information content (AvgIpc) is 3.05. The highest BCUT2D eigenvalue weighted by atomic mass is 79.9. The summed E-state index contributed by atoms with van der Waals surface area (Å²) in [5.41, 5.74) is 1.15. The number of pyridine rings is 1. The fraction of sp³-hybridized carbons (Fsp3) is 0.312. The predicted molar refractivity (Wildman–Crippen MR) is 101 cm³/mol. The average molecular weight is 427 g/mol. The van der Waals surface area contributed by atoms with Crippen molar-refractivity contribution in [3.63, 3.8) is 0 Å². The summed E-state index contributed by atoms with van der Waals surface area (Å²) in [6, 6.07) is 7.27. The van der Waals surface area contributed by atoms with Crippen molar-refractivity contribution in [2.75, 3.05) is 26.7 Å². The molecule has 1 aliphatic heterocycles. The lowest BCUT2D eigenvalue weighted by molar-refractivity contribution is 0.190. The first-order valence-electron chi connectivity index (χ1n) is 7.70. The van der Waals surface area contributed by atoms with E-state index in [2.05, 4.69) is 41.3 Å². The minimum absolute atomic E-state index is 0. The maximum atomic E-state index is 12.0. The molecular formula is C16H17BrClN5O2. The molecule has 1 aliphatic rings. The van der Waals surface area contributed by atoms with Gasteiger partial charge in [0.1, 0.15) is 0 Å². The summed E-state index contributed by atoms with van der Waals surface area (Å²) < 4.78 is 6.29. The van der Waals surface area contributed by atoms with E-state index >= 15 is 0 Å². The van der Waals surface area contributed by atoms with E-state index in [4.69, 9.17) is 4.52 Å². The number of H-pyrrole nitrogens is 1. The highest BCUT2D eigenvalue weighted by Crippen LogP contribution is 2.30. The topological polar surface area (TPSA) is 87.0 Å². The van der Waals surface area contributed by atoms with Gasteiger partial charge in [-0.3, -0.25) is 9.69 Å². The largest absolute Gasteiger partial charge is 0.334 e. The number of piperazine rings is 1. The van der Waals surface area contributed by atoms with Gasteiger partial charge in [-0.05, 0) is 29.0 Å². The van der Waals surface area contributed by atoms with Gasteiger partial charge in [0.2, 0.25) is 5.56 Å². The Balaban J connectivity index is 0.00000182. The Morgan fingerprint density at radius 1 is 1.40 bits per heavy atom. The van der Waals surface area contributed by atoms with Crippen LogP contribution in [-0.2, 0) is 0 Å². The summed E-state index contributed by atoms with van der Waals surface area (Å²) in [7, 11) is 2.04. The Labute approximate surface area is 158 Å². The van der Waals surface area contributed by atoms with Gasteiger partial charge in [0.25, 0.3) is 5.89 Å². The maximum Gasteiger partial charge on any atom is 0.258 e. The van der Waals surface area contributed by atoms with Crippen LogP contribution in [0.1, 0.15) is 11.9 Å². The summed E-state index contributed by atoms with van der Waals surface area (Å²) >= 11 is 3.46. The minimum atomic E-state index is -0.208. The van der Waals surface area contributed by atoms with Gasteiger partial charge in [0.15, 0.2) is 5.82 Å². The maximum absolute atomic E-state index is 12.0. The van der Waals surface area contributed by atoms with Crippen molar-refractivity contribution >= 4 is 39.2 Å². The zero-order valence-electron chi connectivity index (χ0n) is 13.5. The molecule has 1 unspecified atom stereocenters. The molecule has 7 nitrogen and oxygen atoms in total. The zero-order valence-corrected chi connectivity index (χ0v) is 15.9. The van der Waals surface area contributed by atoms with Gasteiger partial charge < -0.3 is 14.8 Å². The number of hydrogen-bond acceptors (Lipinski definition) is 6. The van der Waals surface area contributed by atoms with Crippen LogP contribution < -0.4 is 10.9 Å². The normalized spacial score (nSPS) is 18.2. The van der Waals surface area contributed by atoms with Gasteiger partial charge >= 0.3 is 0 Å². The summed E-state index contributed by atoms with van der Waals surface area (Å²) in [5, 5.41) is 8.32. The van der Waals surface area contributed by atoms with Gasteiger partial charge in [-0.1, -0.05) is 17.3 Å². The number of para-hydroxylation sites is 1. The van der Waals surface area contributed by atoms with Crippen LogP contribution in [0.15, 0.2) is 38.1 Å². The van der Waals surface area contributed by atoms with Crippen LogP contribution in [0.4, 0.5) is 0 Å². The quantitative estimate of drug-likeness (QED) is 0.654. The predicted octanol–water partition coefficient (Wildman–Crippen LogP) is 2.34. The molecule has 0 aliphatic carbocycles. The standard InChI is InChI=1S/C16H16BrN5O2.ClH/c1-22-6-5-18-8-12(22)15-20-16(24-21-15)10-7-13(23)19-14-9(10)3-2-4-11(14)17;/h2-4,7,12,18H,5-6,8H2,1H3,(H,19,23);1H. The molecule has 4 rings (SSSR count). The molecule has 1 aromatic carbocycles. The molecule has 0 spiro atoms. The van der Waals surface area contributed by atoms with E-state index in [1.165, 1.54) is 6.07 Å². The van der Waals surface area contributed by atoms with Gasteiger partial charge in [-0.2, -0.15) is 4.98 Å². The third-order valence-corrected chi connectivity index (χ3v) is 4.97. The van der Waals surface area contributed by atoms with E-state index in [9.17, 15) is 4.79 Å². The van der Waals surface area contributed by atoms with Crippen molar-refractivity contribution in [1.29, 1.82) is 0 Å². The van der Waals surface area contributed by atoms with Crippen molar-refractivity contribution in [3.8, 4) is 11.5 Å². The van der Waals surface area contributed by atoms with Gasteiger partial charge in [0, 0.05) is 35.6 Å². The van der Waals surface area contributed by atoms with Crippen molar-refractivity contribution in [2.45, 2.75) is 6.04 Å². The Kier molecular flexibility index (Phi) is 5.24. The van der Waals surface area contributed by atoms with Crippen LogP contribution in [0.5, 0.6) is 0 Å². The fourth-order valence-electron chi connectivity index (χ4n) is 2.99. The molecule has 0 bridgehead atoms. The molecule has 2 aromatic heterocycles. The molecule has 1 atom stereocenters. The van der Waals surface area contributed by atoms with Crippen molar-refractivity contribution in [2.24, 2.45) is 0 Å². The van der Waals surface area contributed by atoms with E-state index in [1.807, 2.05) is 25.2 Å². The van der Waals surface area contributed by atoms with Crippen LogP contribution in [0.25, 0.3) is 22.4 Å². The van der Waals surface area contributed by atoms with Crippen LogP contribution in [-0.4, -0.2) is 46.7 Å². The van der Waals surface area contributed by atoms with Crippen molar-refractivity contribution in [3.05, 3.63) is 44.9 Å². The first kappa shape index (κ1) is 18.1. The van der Waals surface area contributed by atoms with Crippen LogP contribution >= 0.6 is 28.3 Å². The second-order valence-corrected chi connectivity index (χ2v) is 6.72. The second-order valence-electron chi connectivity index (χ2n) is 5.87. The van der Waals surface area contributed by atoms with E-state index in [1.54, 1.807) is 0 Å². The number of rotatable bonds is 2. The Bertz CT molecular complexity index is 957. The van der Waals surface area contributed by atoms with E-state index in [0.717, 1.165) is 35.0 Å². The second kappa shape index (κ2) is 7.25. The number of benzene rings is 1. The molecular weight excluding hydrogens is 410 g/mol. The van der Waals surface area contributed by atoms with E-state index in [0.29, 0.717) is 17.3 Å². The van der Waals surface area contributed by atoms with Gasteiger partial charge in [-0.15, -0.1) is 12.4 Å². The Morgan fingerprint density at radius 2 is 2.24 bits per heavy atom. The van der Waals surface area contributed by atoms with E-state index < -0.39 is 0 Å². The molecule has 0 saturated carbocycles. The molecule has 9 heteroatoms. The number of likely N-dealkylation sites (N-methyl/N-ethyl adjacent to an activating group) is 1. The Hall–Kier alpha value is -1.74. The number of halogens is 2. The molecule has 3 aromatic rings. The molecule has 3 heterocycles. The number of hydrogen-bond donors (Lipinski definition) is 2. The fourth-order valence-corrected chi connectivity index (χ4v) is 3.46. The molecule has 0 amide bonds. The van der Waals surface area contributed by atoms with Crippen molar-refractivity contribution in [1.82, 2.24) is 25.3 Å². The number of aromatic nitrogens is 3. The first-order valence-corrected chi connectivity index (χ1v) is 8.49. The summed E-state index contributed by atoms with van der Waals surface area (Å²) in [4.78, 5) is 21.6. The highest BCUT2D eigenvalue weighted by Gasteiger charge is 2.26. The number of aromatic amines is 1. The third kappa shape index (κ3) is 3.35. The van der Waals surface area contributed by atoms with Gasteiger partial charge in [0.05, 0.1) is 17.1 Å². The zero-order chi connectivity index (χ0) is 16.7. The van der Waals surface area contributed by atoms with Crippen LogP contribution in [0.3, 0.4) is 0 Å². The molecule has 132 valence electrons. The lowest BCUT2D eigenvalue weighted by atomic mass is 10.1. The lowest BCUT2D eigenvalue weighted by Gasteiger charge is -2.30. The molecule has 1 fully saturated rings. The third-order valence-electron chi connectivity index (χ3n) is 4.31. The SMILES string of the molecule is CN1CCNCC1c1noc(-c2cc(=O)[nH]c3c(Br)cccc23)n1.Cl. The molecule has 25 heavy (non-hydrogen) atoms. The Morgan fingerprint density at radius 3 is 3.04 bits per heavy atom. The highest BCUT2D eigenvalue weighted by molar-refractivity contribution is 9.10. The summed E-state index contributed by atoms with van der Waals surface area (Å²) in [6.07, 6.45) is 0. The monoisotopic (exact) mass is 425 g/mol. The summed E-state index contributed by atoms with van der Waals surface area (Å²) in [6.45, 7) is 2.65. The van der Waals surface area contributed by atoms with Crippen molar-refractivity contribution < 1.29 is 4.52 Å². The minimum Gasteiger partial charge on any atom is -0.334 e. The van der Waals surface area contributed by atoms with Crippen LogP contribution in [0.2, 0.25) is 0 Å². The molecule has 1 saturated heterocycles. The van der Waals surface area contributed by atoms with E-state index in [-0.39, 0.29) is 24.0 Å². The first-order chi connectivity index (χ1) is 11.6. The smallest absolute Gasteiger partial charge is 0.258 e. The number of nitrogens with zero attached hydrogens (tertiary/aromatic N) is 3.